The predicted molar refractivity (Wildman–Crippen MR) is 156 cm³/mol. The van der Waals surface area contributed by atoms with E-state index in [1.54, 1.807) is 86.6 Å². The van der Waals surface area contributed by atoms with Crippen LogP contribution in [0.5, 0.6) is 0 Å². The summed E-state index contributed by atoms with van der Waals surface area (Å²) in [6.45, 7) is 2.65. The largest absolute Gasteiger partial charge is 0.445 e. The number of rotatable bonds is 15. The standard InChI is InChI=1S/C32H36F2N4O5/c1-21(2)28(38-27(39)19-37-31(42)43-20-23-13-15-36-16-14-23)29(40)25(17-22-9-5-3-6-10-22)30(41)32(33,34)18-26(35)24-11-7-4-8-12-24/h3-16,21,25-26,28H,17-20,35H2,1-2H3,(H,37,42)(H,38,39)/t25-,26?,28-/m0/s1. The summed E-state index contributed by atoms with van der Waals surface area (Å²) in [6, 6.07) is 17.4. The van der Waals surface area contributed by atoms with Crippen molar-refractivity contribution in [3.8, 4) is 0 Å². The lowest BCUT2D eigenvalue weighted by molar-refractivity contribution is -0.153. The fourth-order valence-electron chi connectivity index (χ4n) is 4.46. The molecule has 43 heavy (non-hydrogen) atoms. The Morgan fingerprint density at radius 3 is 2.12 bits per heavy atom. The highest BCUT2D eigenvalue weighted by Crippen LogP contribution is 2.32. The van der Waals surface area contributed by atoms with E-state index in [0.717, 1.165) is 0 Å². The van der Waals surface area contributed by atoms with Crippen LogP contribution in [0.4, 0.5) is 13.6 Å². The van der Waals surface area contributed by atoms with Gasteiger partial charge in [0.25, 0.3) is 0 Å². The first-order valence-electron chi connectivity index (χ1n) is 13.9. The number of carbonyl (C=O) groups excluding carboxylic acids is 4. The summed E-state index contributed by atoms with van der Waals surface area (Å²) in [6.07, 6.45) is 0.935. The number of ether oxygens (including phenoxy) is 1. The topological polar surface area (TPSA) is 140 Å². The van der Waals surface area contributed by atoms with Crippen LogP contribution in [0.2, 0.25) is 0 Å². The minimum absolute atomic E-state index is 0.0471. The van der Waals surface area contributed by atoms with Crippen LogP contribution in [0.1, 0.15) is 43.0 Å². The summed E-state index contributed by atoms with van der Waals surface area (Å²) in [7, 11) is 0. The highest BCUT2D eigenvalue weighted by atomic mass is 19.3. The number of nitrogens with zero attached hydrogens (tertiary/aromatic N) is 1. The van der Waals surface area contributed by atoms with Crippen molar-refractivity contribution in [1.29, 1.82) is 0 Å². The molecule has 2 aromatic carbocycles. The zero-order chi connectivity index (χ0) is 31.4. The second kappa shape index (κ2) is 15.6. The second-order valence-electron chi connectivity index (χ2n) is 10.5. The van der Waals surface area contributed by atoms with Crippen LogP contribution in [0.25, 0.3) is 0 Å². The molecule has 0 saturated carbocycles. The SMILES string of the molecule is CC(C)[C@H](NC(=O)CNC(=O)OCc1ccncc1)C(=O)[C@H](Cc1ccccc1)C(=O)C(F)(F)CC(N)c1ccccc1. The number of amides is 2. The molecule has 0 radical (unpaired) electrons. The van der Waals surface area contributed by atoms with E-state index in [1.165, 1.54) is 12.4 Å². The Morgan fingerprint density at radius 2 is 1.51 bits per heavy atom. The van der Waals surface area contributed by atoms with Crippen molar-refractivity contribution in [2.75, 3.05) is 6.54 Å². The van der Waals surface area contributed by atoms with Gasteiger partial charge in [-0.25, -0.2) is 4.79 Å². The number of pyridine rings is 1. The van der Waals surface area contributed by atoms with E-state index in [0.29, 0.717) is 16.7 Å². The van der Waals surface area contributed by atoms with Crippen LogP contribution >= 0.6 is 0 Å². The minimum Gasteiger partial charge on any atom is -0.445 e. The Labute approximate surface area is 249 Å². The van der Waals surface area contributed by atoms with Crippen molar-refractivity contribution in [1.82, 2.24) is 15.6 Å². The average Bonchev–Trinajstić information content (AvgIpc) is 3.00. The number of alkyl halides is 2. The lowest BCUT2D eigenvalue weighted by Crippen LogP contribution is -2.53. The first kappa shape index (κ1) is 33.0. The van der Waals surface area contributed by atoms with Gasteiger partial charge in [-0.1, -0.05) is 74.5 Å². The molecule has 0 aliphatic carbocycles. The number of Topliss-reactive ketones (excluding diaryl/α,β-unsaturated/α-hetero) is 2. The number of ketones is 2. The van der Waals surface area contributed by atoms with Gasteiger partial charge in [-0.2, -0.15) is 8.78 Å². The highest BCUT2D eigenvalue weighted by molar-refractivity contribution is 6.08. The Kier molecular flexibility index (Phi) is 12.0. The molecule has 1 unspecified atom stereocenters. The first-order valence-corrected chi connectivity index (χ1v) is 13.9. The Morgan fingerprint density at radius 1 is 0.907 bits per heavy atom. The highest BCUT2D eigenvalue weighted by Gasteiger charge is 2.48. The zero-order valence-corrected chi connectivity index (χ0v) is 24.0. The molecular weight excluding hydrogens is 558 g/mol. The molecule has 228 valence electrons. The molecule has 1 aromatic heterocycles. The molecule has 11 heteroatoms. The Hall–Kier alpha value is -4.51. The molecule has 3 rings (SSSR count). The summed E-state index contributed by atoms with van der Waals surface area (Å²) in [5.74, 6) is -9.41. The maximum Gasteiger partial charge on any atom is 0.407 e. The van der Waals surface area contributed by atoms with Crippen LogP contribution in [0.3, 0.4) is 0 Å². The number of nitrogens with two attached hydrogens (primary N) is 1. The van der Waals surface area contributed by atoms with Crippen molar-refractivity contribution in [3.05, 3.63) is 102 Å². The maximum atomic E-state index is 15.5. The van der Waals surface area contributed by atoms with Crippen molar-refractivity contribution < 1.29 is 32.7 Å². The summed E-state index contributed by atoms with van der Waals surface area (Å²) >= 11 is 0. The van der Waals surface area contributed by atoms with Crippen LogP contribution < -0.4 is 16.4 Å². The third-order valence-corrected chi connectivity index (χ3v) is 6.81. The van der Waals surface area contributed by atoms with E-state index in [9.17, 15) is 19.2 Å². The van der Waals surface area contributed by atoms with Gasteiger partial charge in [0, 0.05) is 24.9 Å². The van der Waals surface area contributed by atoms with Gasteiger partial charge in [0.15, 0.2) is 5.78 Å². The second-order valence-corrected chi connectivity index (χ2v) is 10.5. The first-order chi connectivity index (χ1) is 20.5. The lowest BCUT2D eigenvalue weighted by atomic mass is 9.81. The van der Waals surface area contributed by atoms with Gasteiger partial charge in [0.1, 0.15) is 13.2 Å². The third-order valence-electron chi connectivity index (χ3n) is 6.81. The van der Waals surface area contributed by atoms with Gasteiger partial charge in [-0.05, 0) is 41.2 Å². The van der Waals surface area contributed by atoms with Crippen LogP contribution in [-0.4, -0.2) is 47.1 Å². The number of hydrogen-bond acceptors (Lipinski definition) is 7. The van der Waals surface area contributed by atoms with E-state index in [-0.39, 0.29) is 13.0 Å². The van der Waals surface area contributed by atoms with Gasteiger partial charge >= 0.3 is 12.0 Å². The molecule has 9 nitrogen and oxygen atoms in total. The monoisotopic (exact) mass is 594 g/mol. The number of benzene rings is 2. The molecule has 0 bridgehead atoms. The fourth-order valence-corrected chi connectivity index (χ4v) is 4.46. The van der Waals surface area contributed by atoms with Crippen molar-refractivity contribution >= 4 is 23.6 Å². The van der Waals surface area contributed by atoms with Gasteiger partial charge in [-0.15, -0.1) is 0 Å². The number of nitrogens with one attached hydrogen (secondary N) is 2. The number of aromatic nitrogens is 1. The smallest absolute Gasteiger partial charge is 0.407 e. The van der Waals surface area contributed by atoms with E-state index in [1.807, 2.05) is 0 Å². The molecule has 3 aromatic rings. The molecule has 3 atom stereocenters. The van der Waals surface area contributed by atoms with Gasteiger partial charge in [0.2, 0.25) is 11.7 Å². The van der Waals surface area contributed by atoms with Crippen LogP contribution in [-0.2, 0) is 32.1 Å². The molecule has 1 heterocycles. The molecule has 4 N–H and O–H groups in total. The van der Waals surface area contributed by atoms with Crippen LogP contribution in [0.15, 0.2) is 85.2 Å². The van der Waals surface area contributed by atoms with E-state index in [4.69, 9.17) is 10.5 Å². The molecule has 0 fully saturated rings. The fraction of sp³-hybridized carbons (Fsp3) is 0.344. The zero-order valence-electron chi connectivity index (χ0n) is 24.0. The summed E-state index contributed by atoms with van der Waals surface area (Å²) in [5, 5.41) is 4.78. The van der Waals surface area contributed by atoms with Gasteiger partial charge in [0.05, 0.1) is 12.0 Å². The molecule has 0 spiro atoms. The number of carbonyl (C=O) groups is 4. The Balaban J connectivity index is 1.72. The van der Waals surface area contributed by atoms with E-state index < -0.39 is 66.4 Å². The third kappa shape index (κ3) is 10.1. The molecule has 0 saturated heterocycles. The maximum absolute atomic E-state index is 15.5. The molecular formula is C32H36F2N4O5. The molecule has 0 aliphatic heterocycles. The predicted octanol–water partition coefficient (Wildman–Crippen LogP) is 4.17. The normalized spacial score (nSPS) is 13.4. The van der Waals surface area contributed by atoms with Crippen LogP contribution in [0, 0.1) is 11.8 Å². The Bertz CT molecular complexity index is 1360. The number of halogens is 2. The number of hydrogen-bond donors (Lipinski definition) is 3. The van der Waals surface area contributed by atoms with Crippen molar-refractivity contribution in [2.45, 2.75) is 51.3 Å². The lowest BCUT2D eigenvalue weighted by Gasteiger charge is -2.28. The summed E-state index contributed by atoms with van der Waals surface area (Å²) in [4.78, 5) is 55.7. The summed E-state index contributed by atoms with van der Waals surface area (Å²) < 4.78 is 36.0. The summed E-state index contributed by atoms with van der Waals surface area (Å²) in [5.41, 5.74) is 7.64. The van der Waals surface area contributed by atoms with Gasteiger partial charge < -0.3 is 21.1 Å². The van der Waals surface area contributed by atoms with Crippen molar-refractivity contribution in [2.24, 2.45) is 17.6 Å². The molecule has 0 aliphatic rings. The number of alkyl carbamates (subject to hydrolysis) is 1. The average molecular weight is 595 g/mol. The minimum atomic E-state index is -3.92. The molecule has 2 amide bonds. The quantitative estimate of drug-likeness (QED) is 0.224. The van der Waals surface area contributed by atoms with E-state index in [2.05, 4.69) is 15.6 Å². The van der Waals surface area contributed by atoms with E-state index >= 15 is 8.78 Å². The van der Waals surface area contributed by atoms with Gasteiger partial charge in [-0.3, -0.25) is 19.4 Å². The van der Waals surface area contributed by atoms with Crippen molar-refractivity contribution in [3.63, 3.8) is 0 Å².